The summed E-state index contributed by atoms with van der Waals surface area (Å²) in [5.41, 5.74) is 1.41. The Morgan fingerprint density at radius 1 is 1.23 bits per heavy atom. The van der Waals surface area contributed by atoms with Crippen LogP contribution in [0, 0.1) is 18.3 Å². The monoisotopic (exact) mass is 363 g/mol. The summed E-state index contributed by atoms with van der Waals surface area (Å²) in [5.74, 6) is -0.392. The number of benzene rings is 1. The first-order valence-electron chi connectivity index (χ1n) is 8.14. The summed E-state index contributed by atoms with van der Waals surface area (Å²) in [6.45, 7) is 2.26. The largest absolute Gasteiger partial charge is 0.352 e. The van der Waals surface area contributed by atoms with Gasteiger partial charge in [0.05, 0.1) is 17.3 Å². The van der Waals surface area contributed by atoms with Crippen LogP contribution in [0.2, 0.25) is 0 Å². The first kappa shape index (κ1) is 17.6. The molecule has 0 saturated heterocycles. The molecule has 5 nitrogen and oxygen atoms in total. The molecular weight excluding hydrogens is 346 g/mol. The molecule has 2 aromatic heterocycles. The standard InChI is InChI=1S/C20H17N3O2S/c1-14-7-8-18(19(24)22-10-9-17-6-3-11-26-17)20(25)23(14)16-5-2-4-15(12-16)13-21/h2-8,11-12H,9-10H2,1H3,(H,22,24). The fraction of sp³-hybridized carbons (Fsp3) is 0.150. The number of rotatable bonds is 5. The first-order chi connectivity index (χ1) is 12.6. The zero-order chi connectivity index (χ0) is 18.5. The minimum absolute atomic E-state index is 0.0872. The Labute approximate surface area is 155 Å². The third kappa shape index (κ3) is 3.73. The van der Waals surface area contributed by atoms with Crippen LogP contribution in [0.5, 0.6) is 0 Å². The lowest BCUT2D eigenvalue weighted by atomic mass is 10.1. The van der Waals surface area contributed by atoms with Crippen LogP contribution in [-0.4, -0.2) is 17.0 Å². The number of thiophene rings is 1. The highest BCUT2D eigenvalue weighted by molar-refractivity contribution is 7.09. The average molecular weight is 363 g/mol. The SMILES string of the molecule is Cc1ccc(C(=O)NCCc2cccs2)c(=O)n1-c1cccc(C#N)c1. The van der Waals surface area contributed by atoms with Gasteiger partial charge in [-0.2, -0.15) is 5.26 Å². The summed E-state index contributed by atoms with van der Waals surface area (Å²) < 4.78 is 1.45. The van der Waals surface area contributed by atoms with E-state index in [1.807, 2.05) is 17.5 Å². The molecule has 0 bridgehead atoms. The summed E-state index contributed by atoms with van der Waals surface area (Å²) in [6.07, 6.45) is 0.730. The Morgan fingerprint density at radius 2 is 2.08 bits per heavy atom. The molecule has 0 spiro atoms. The van der Waals surface area contributed by atoms with Gasteiger partial charge in [-0.1, -0.05) is 12.1 Å². The number of nitrogens with zero attached hydrogens (tertiary/aromatic N) is 2. The minimum Gasteiger partial charge on any atom is -0.352 e. The Kier molecular flexibility index (Phi) is 5.30. The highest BCUT2D eigenvalue weighted by Gasteiger charge is 2.15. The quantitative estimate of drug-likeness (QED) is 0.757. The zero-order valence-electron chi connectivity index (χ0n) is 14.2. The molecule has 0 atom stereocenters. The van der Waals surface area contributed by atoms with Crippen molar-refractivity contribution in [3.63, 3.8) is 0 Å². The predicted octanol–water partition coefficient (Wildman–Crippen LogP) is 3.05. The Bertz CT molecular complexity index is 1030. The van der Waals surface area contributed by atoms with Crippen molar-refractivity contribution >= 4 is 17.2 Å². The van der Waals surface area contributed by atoms with Crippen molar-refractivity contribution in [3.05, 3.63) is 86.0 Å². The van der Waals surface area contributed by atoms with Gasteiger partial charge in [-0.3, -0.25) is 14.2 Å². The highest BCUT2D eigenvalue weighted by atomic mass is 32.1. The normalized spacial score (nSPS) is 10.3. The van der Waals surface area contributed by atoms with Gasteiger partial charge in [0.25, 0.3) is 11.5 Å². The van der Waals surface area contributed by atoms with Crippen molar-refractivity contribution in [1.29, 1.82) is 5.26 Å². The van der Waals surface area contributed by atoms with Crippen LogP contribution in [-0.2, 0) is 6.42 Å². The average Bonchev–Trinajstić information content (AvgIpc) is 3.15. The van der Waals surface area contributed by atoms with Gasteiger partial charge in [0, 0.05) is 17.1 Å². The second-order valence-electron chi connectivity index (χ2n) is 5.78. The molecule has 0 unspecified atom stereocenters. The molecule has 26 heavy (non-hydrogen) atoms. The summed E-state index contributed by atoms with van der Waals surface area (Å²) in [7, 11) is 0. The van der Waals surface area contributed by atoms with Crippen molar-refractivity contribution in [3.8, 4) is 11.8 Å². The van der Waals surface area contributed by atoms with Crippen molar-refractivity contribution in [2.45, 2.75) is 13.3 Å². The molecule has 0 aliphatic heterocycles. The minimum atomic E-state index is -0.395. The molecule has 0 radical (unpaired) electrons. The second-order valence-corrected chi connectivity index (χ2v) is 6.81. The third-order valence-corrected chi connectivity index (χ3v) is 4.93. The smallest absolute Gasteiger partial charge is 0.268 e. The number of amides is 1. The van der Waals surface area contributed by atoms with E-state index in [0.717, 1.165) is 6.42 Å². The predicted molar refractivity (Wildman–Crippen MR) is 102 cm³/mol. The summed E-state index contributed by atoms with van der Waals surface area (Å²) >= 11 is 1.64. The molecule has 2 heterocycles. The van der Waals surface area contributed by atoms with Gasteiger partial charge >= 0.3 is 0 Å². The summed E-state index contributed by atoms with van der Waals surface area (Å²) in [4.78, 5) is 26.5. The molecule has 1 aromatic carbocycles. The van der Waals surface area contributed by atoms with Crippen LogP contribution < -0.4 is 10.9 Å². The molecular formula is C20H17N3O2S. The zero-order valence-corrected chi connectivity index (χ0v) is 15.0. The molecule has 0 aliphatic carbocycles. The number of carbonyl (C=O) groups excluding carboxylic acids is 1. The van der Waals surface area contributed by atoms with Crippen LogP contribution >= 0.6 is 11.3 Å². The van der Waals surface area contributed by atoms with E-state index in [1.165, 1.54) is 9.44 Å². The van der Waals surface area contributed by atoms with Crippen LogP contribution in [0.15, 0.2) is 58.7 Å². The number of aromatic nitrogens is 1. The van der Waals surface area contributed by atoms with E-state index in [0.29, 0.717) is 23.5 Å². The molecule has 1 amide bonds. The van der Waals surface area contributed by atoms with Gasteiger partial charge in [0.2, 0.25) is 0 Å². The fourth-order valence-corrected chi connectivity index (χ4v) is 3.40. The molecule has 0 aliphatic rings. The Balaban J connectivity index is 1.86. The van der Waals surface area contributed by atoms with Gasteiger partial charge in [0.1, 0.15) is 5.56 Å². The number of hydrogen-bond donors (Lipinski definition) is 1. The number of hydrogen-bond acceptors (Lipinski definition) is 4. The molecule has 3 aromatic rings. The number of nitriles is 1. The topological polar surface area (TPSA) is 74.9 Å². The maximum Gasteiger partial charge on any atom is 0.268 e. The molecule has 0 saturated carbocycles. The Morgan fingerprint density at radius 3 is 2.81 bits per heavy atom. The molecule has 1 N–H and O–H groups in total. The van der Waals surface area contributed by atoms with Crippen molar-refractivity contribution in [2.75, 3.05) is 6.54 Å². The molecule has 0 fully saturated rings. The fourth-order valence-electron chi connectivity index (χ4n) is 2.69. The lowest BCUT2D eigenvalue weighted by Gasteiger charge is -2.12. The van der Waals surface area contributed by atoms with Gasteiger partial charge in [-0.05, 0) is 55.1 Å². The Hall–Kier alpha value is -3.17. The molecule has 6 heteroatoms. The summed E-state index contributed by atoms with van der Waals surface area (Å²) in [5, 5.41) is 13.9. The van der Waals surface area contributed by atoms with Gasteiger partial charge in [0.15, 0.2) is 0 Å². The van der Waals surface area contributed by atoms with Crippen LogP contribution in [0.1, 0.15) is 26.5 Å². The maximum absolute atomic E-state index is 12.8. The van der Waals surface area contributed by atoms with Gasteiger partial charge < -0.3 is 5.32 Å². The van der Waals surface area contributed by atoms with E-state index < -0.39 is 11.5 Å². The number of pyridine rings is 1. The number of nitrogens with one attached hydrogen (secondary N) is 1. The first-order valence-corrected chi connectivity index (χ1v) is 9.02. The second kappa shape index (κ2) is 7.81. The van der Waals surface area contributed by atoms with Crippen LogP contribution in [0.25, 0.3) is 5.69 Å². The van der Waals surface area contributed by atoms with E-state index in [-0.39, 0.29) is 5.56 Å². The van der Waals surface area contributed by atoms with E-state index >= 15 is 0 Å². The van der Waals surface area contributed by atoms with Crippen LogP contribution in [0.3, 0.4) is 0 Å². The van der Waals surface area contributed by atoms with E-state index in [1.54, 1.807) is 54.7 Å². The van der Waals surface area contributed by atoms with Gasteiger partial charge in [-0.25, -0.2) is 0 Å². The number of carbonyl (C=O) groups is 1. The highest BCUT2D eigenvalue weighted by Crippen LogP contribution is 2.12. The van der Waals surface area contributed by atoms with E-state index in [4.69, 9.17) is 5.26 Å². The van der Waals surface area contributed by atoms with Crippen molar-refractivity contribution in [2.24, 2.45) is 0 Å². The van der Waals surface area contributed by atoms with Crippen molar-refractivity contribution < 1.29 is 4.79 Å². The lowest BCUT2D eigenvalue weighted by Crippen LogP contribution is -2.34. The van der Waals surface area contributed by atoms with Gasteiger partial charge in [-0.15, -0.1) is 11.3 Å². The van der Waals surface area contributed by atoms with Crippen molar-refractivity contribution in [1.82, 2.24) is 9.88 Å². The van der Waals surface area contributed by atoms with E-state index in [2.05, 4.69) is 11.4 Å². The number of aryl methyl sites for hydroxylation is 1. The third-order valence-electron chi connectivity index (χ3n) is 3.99. The van der Waals surface area contributed by atoms with E-state index in [9.17, 15) is 9.59 Å². The maximum atomic E-state index is 12.8. The lowest BCUT2D eigenvalue weighted by molar-refractivity contribution is 0.0952. The molecule has 3 rings (SSSR count). The molecule has 130 valence electrons. The van der Waals surface area contributed by atoms with Crippen LogP contribution in [0.4, 0.5) is 0 Å². The summed E-state index contributed by atoms with van der Waals surface area (Å²) in [6, 6.07) is 16.1.